The number of carbonyl (C=O) groups excluding carboxylic acids is 2. The Kier molecular flexibility index (Phi) is 7.74. The average Bonchev–Trinajstić information content (AvgIpc) is 2.56. The molecule has 0 bridgehead atoms. The molecule has 0 aromatic heterocycles. The summed E-state index contributed by atoms with van der Waals surface area (Å²) in [6.45, 7) is 4.43. The Morgan fingerprint density at radius 1 is 1.33 bits per heavy atom. The van der Waals surface area contributed by atoms with E-state index in [1.165, 1.54) is 6.34 Å². The summed E-state index contributed by atoms with van der Waals surface area (Å²) >= 11 is 0. The number of rotatable bonds is 9. The van der Waals surface area contributed by atoms with E-state index in [0.717, 1.165) is 24.2 Å². The van der Waals surface area contributed by atoms with Crippen molar-refractivity contribution in [2.45, 2.75) is 33.1 Å². The van der Waals surface area contributed by atoms with E-state index in [1.54, 1.807) is 18.0 Å². The van der Waals surface area contributed by atoms with Crippen LogP contribution in [0, 0.1) is 5.92 Å². The van der Waals surface area contributed by atoms with Gasteiger partial charge in [-0.2, -0.15) is 0 Å². The summed E-state index contributed by atoms with van der Waals surface area (Å²) in [5, 5.41) is 3.10. The topological polar surface area (TPSA) is 114 Å². The lowest BCUT2D eigenvalue weighted by molar-refractivity contribution is -0.122. The minimum Gasteiger partial charge on any atom is -0.390 e. The molecule has 0 aliphatic heterocycles. The number of aliphatic imine (C=N–C) groups is 1. The van der Waals surface area contributed by atoms with Crippen LogP contribution in [0.15, 0.2) is 23.2 Å². The van der Waals surface area contributed by atoms with Gasteiger partial charge in [-0.3, -0.25) is 9.59 Å². The van der Waals surface area contributed by atoms with Crippen molar-refractivity contribution in [3.05, 3.63) is 18.2 Å². The number of nitrogens with one attached hydrogen (secondary N) is 1. The normalized spacial score (nSPS) is 11.0. The lowest BCUT2D eigenvalue weighted by atomic mass is 10.0. The van der Waals surface area contributed by atoms with E-state index in [0.29, 0.717) is 12.2 Å². The molecular formula is C17H27N5O2. The summed E-state index contributed by atoms with van der Waals surface area (Å²) in [5.41, 5.74) is 12.6. The molecule has 0 aliphatic rings. The first-order chi connectivity index (χ1) is 11.4. The molecule has 0 spiro atoms. The fourth-order valence-electron chi connectivity index (χ4n) is 2.42. The third-order valence-electron chi connectivity index (χ3n) is 3.93. The number of hydrogen-bond acceptors (Lipinski definition) is 4. The van der Waals surface area contributed by atoms with Crippen LogP contribution < -0.4 is 21.7 Å². The molecule has 0 unspecified atom stereocenters. The molecule has 0 atom stereocenters. The highest BCUT2D eigenvalue weighted by Gasteiger charge is 2.20. The molecule has 2 amide bonds. The molecule has 24 heavy (non-hydrogen) atoms. The molecule has 132 valence electrons. The number of benzene rings is 1. The van der Waals surface area contributed by atoms with Crippen molar-refractivity contribution in [1.82, 2.24) is 0 Å². The van der Waals surface area contributed by atoms with Crippen molar-refractivity contribution in [3.8, 4) is 0 Å². The fraction of sp³-hybridized carbons (Fsp3) is 0.471. The van der Waals surface area contributed by atoms with Crippen LogP contribution in [-0.2, 0) is 9.59 Å². The van der Waals surface area contributed by atoms with E-state index in [-0.39, 0.29) is 24.2 Å². The van der Waals surface area contributed by atoms with Crippen molar-refractivity contribution in [1.29, 1.82) is 0 Å². The standard InChI is InChI=1S/C17H27N5O2/c1-4-12(5-2)17(24)22(3)13-6-7-14(15(10-13)21-11-18)20-9-8-16(19)23/h6-7,10-12,20H,4-5,8-9H2,1-3H3,(H2,18,21)(H2,19,23). The predicted molar refractivity (Wildman–Crippen MR) is 98.6 cm³/mol. The second-order valence-corrected chi connectivity index (χ2v) is 5.53. The minimum atomic E-state index is -0.376. The Morgan fingerprint density at radius 3 is 2.54 bits per heavy atom. The Morgan fingerprint density at radius 2 is 2.00 bits per heavy atom. The molecule has 0 saturated carbocycles. The summed E-state index contributed by atoms with van der Waals surface area (Å²) in [6, 6.07) is 5.44. The van der Waals surface area contributed by atoms with Crippen molar-refractivity contribution in [3.63, 3.8) is 0 Å². The van der Waals surface area contributed by atoms with Crippen molar-refractivity contribution in [2.75, 3.05) is 23.8 Å². The van der Waals surface area contributed by atoms with Gasteiger partial charge in [0.2, 0.25) is 11.8 Å². The number of amides is 2. The van der Waals surface area contributed by atoms with E-state index in [1.807, 2.05) is 26.0 Å². The number of carbonyl (C=O) groups is 2. The summed E-state index contributed by atoms with van der Waals surface area (Å²) in [6.07, 6.45) is 3.03. The zero-order chi connectivity index (χ0) is 18.1. The number of primary amides is 1. The van der Waals surface area contributed by atoms with Crippen LogP contribution in [0.2, 0.25) is 0 Å². The van der Waals surface area contributed by atoms with Crippen LogP contribution in [0.3, 0.4) is 0 Å². The maximum atomic E-state index is 12.5. The number of hydrogen-bond donors (Lipinski definition) is 3. The summed E-state index contributed by atoms with van der Waals surface area (Å²) in [5.74, 6) is -0.291. The first kappa shape index (κ1) is 19.5. The largest absolute Gasteiger partial charge is 0.390 e. The number of nitrogens with zero attached hydrogens (tertiary/aromatic N) is 2. The van der Waals surface area contributed by atoms with E-state index in [9.17, 15) is 9.59 Å². The molecule has 0 radical (unpaired) electrons. The molecule has 0 aliphatic carbocycles. The van der Waals surface area contributed by atoms with E-state index < -0.39 is 0 Å². The van der Waals surface area contributed by atoms with Crippen LogP contribution in [0.4, 0.5) is 17.1 Å². The van der Waals surface area contributed by atoms with E-state index in [4.69, 9.17) is 11.5 Å². The number of nitrogens with two attached hydrogens (primary N) is 2. The van der Waals surface area contributed by atoms with Crippen molar-refractivity contribution < 1.29 is 9.59 Å². The Labute approximate surface area is 143 Å². The second-order valence-electron chi connectivity index (χ2n) is 5.53. The van der Waals surface area contributed by atoms with Crippen LogP contribution >= 0.6 is 0 Å². The fourth-order valence-corrected chi connectivity index (χ4v) is 2.42. The smallest absolute Gasteiger partial charge is 0.229 e. The quantitative estimate of drug-likeness (QED) is 0.473. The predicted octanol–water partition coefficient (Wildman–Crippen LogP) is 1.99. The molecule has 1 aromatic rings. The molecule has 0 heterocycles. The van der Waals surface area contributed by atoms with Gasteiger partial charge in [-0.05, 0) is 31.0 Å². The monoisotopic (exact) mass is 333 g/mol. The molecule has 5 N–H and O–H groups in total. The third kappa shape index (κ3) is 5.26. The lowest BCUT2D eigenvalue weighted by Gasteiger charge is -2.23. The minimum absolute atomic E-state index is 0.00447. The first-order valence-electron chi connectivity index (χ1n) is 8.12. The lowest BCUT2D eigenvalue weighted by Crippen LogP contribution is -2.32. The molecule has 7 heteroatoms. The molecular weight excluding hydrogens is 306 g/mol. The zero-order valence-electron chi connectivity index (χ0n) is 14.6. The molecule has 1 rings (SSSR count). The van der Waals surface area contributed by atoms with Gasteiger partial charge in [-0.1, -0.05) is 13.8 Å². The highest BCUT2D eigenvalue weighted by molar-refractivity contribution is 5.95. The van der Waals surface area contributed by atoms with Crippen LogP contribution in [0.1, 0.15) is 33.1 Å². The Balaban J connectivity index is 2.99. The van der Waals surface area contributed by atoms with Gasteiger partial charge in [0.25, 0.3) is 0 Å². The van der Waals surface area contributed by atoms with E-state index >= 15 is 0 Å². The number of anilines is 2. The second kappa shape index (κ2) is 9.54. The molecule has 0 saturated heterocycles. The van der Waals surface area contributed by atoms with Gasteiger partial charge in [0.15, 0.2) is 0 Å². The summed E-state index contributed by atoms with van der Waals surface area (Å²) < 4.78 is 0. The maximum Gasteiger partial charge on any atom is 0.229 e. The van der Waals surface area contributed by atoms with Crippen LogP contribution in [0.25, 0.3) is 0 Å². The van der Waals surface area contributed by atoms with Gasteiger partial charge in [0, 0.05) is 31.6 Å². The van der Waals surface area contributed by atoms with E-state index in [2.05, 4.69) is 10.3 Å². The molecule has 1 aromatic carbocycles. The average molecular weight is 333 g/mol. The first-order valence-corrected chi connectivity index (χ1v) is 8.12. The maximum absolute atomic E-state index is 12.5. The summed E-state index contributed by atoms with van der Waals surface area (Å²) in [4.78, 5) is 29.1. The van der Waals surface area contributed by atoms with Gasteiger partial charge in [-0.25, -0.2) is 4.99 Å². The van der Waals surface area contributed by atoms with Gasteiger partial charge < -0.3 is 21.7 Å². The molecule has 0 fully saturated rings. The van der Waals surface area contributed by atoms with Crippen molar-refractivity contribution in [2.24, 2.45) is 22.4 Å². The Hall–Kier alpha value is -2.57. The van der Waals surface area contributed by atoms with Gasteiger partial charge in [-0.15, -0.1) is 0 Å². The van der Waals surface area contributed by atoms with Crippen LogP contribution in [0.5, 0.6) is 0 Å². The third-order valence-corrected chi connectivity index (χ3v) is 3.93. The van der Waals surface area contributed by atoms with Crippen molar-refractivity contribution >= 4 is 35.2 Å². The van der Waals surface area contributed by atoms with Gasteiger partial charge in [0.05, 0.1) is 17.7 Å². The highest BCUT2D eigenvalue weighted by atomic mass is 16.2. The van der Waals surface area contributed by atoms with Crippen LogP contribution in [-0.4, -0.2) is 31.7 Å². The summed E-state index contributed by atoms with van der Waals surface area (Å²) in [7, 11) is 1.76. The SMILES string of the molecule is CCC(CC)C(=O)N(C)c1ccc(NCCC(N)=O)c(N=CN)c1. The Bertz CT molecular complexity index is 597. The van der Waals surface area contributed by atoms with Gasteiger partial charge in [0.1, 0.15) is 0 Å². The van der Waals surface area contributed by atoms with Gasteiger partial charge >= 0.3 is 0 Å². The zero-order valence-corrected chi connectivity index (χ0v) is 14.6. The highest BCUT2D eigenvalue weighted by Crippen LogP contribution is 2.30. The molecule has 7 nitrogen and oxygen atoms in total.